The number of nitrogens with one attached hydrogen (secondary N) is 2. The fourth-order valence-corrected chi connectivity index (χ4v) is 5.80. The number of benzene rings is 3. The summed E-state index contributed by atoms with van der Waals surface area (Å²) in [6, 6.07) is 18.3. The molecule has 1 fully saturated rings. The maximum Gasteiger partial charge on any atom is 0.230 e. The molecule has 0 saturated carbocycles. The van der Waals surface area contributed by atoms with Gasteiger partial charge in [-0.25, -0.2) is 4.98 Å². The summed E-state index contributed by atoms with van der Waals surface area (Å²) in [7, 11) is 5.00. The fourth-order valence-electron chi connectivity index (χ4n) is 5.80. The topological polar surface area (TPSA) is 107 Å². The molecule has 45 heavy (non-hydrogen) atoms. The van der Waals surface area contributed by atoms with Gasteiger partial charge in [-0.15, -0.1) is 0 Å². The minimum atomic E-state index is 0.540. The zero-order valence-corrected chi connectivity index (χ0v) is 26.5. The Hall–Kier alpha value is -4.86. The number of pyridine rings is 1. The molecule has 10 heteroatoms. The summed E-state index contributed by atoms with van der Waals surface area (Å²) >= 11 is 0. The Balaban J connectivity index is 1.18. The van der Waals surface area contributed by atoms with E-state index in [-0.39, 0.29) is 0 Å². The smallest absolute Gasteiger partial charge is 0.230 e. The second-order valence-electron chi connectivity index (χ2n) is 11.4. The van der Waals surface area contributed by atoms with Crippen LogP contribution in [0.5, 0.6) is 17.2 Å². The number of piperidine rings is 1. The molecule has 1 aliphatic rings. The minimum absolute atomic E-state index is 0.540. The van der Waals surface area contributed by atoms with Gasteiger partial charge in [-0.05, 0) is 80.1 Å². The van der Waals surface area contributed by atoms with Gasteiger partial charge in [0.15, 0.2) is 0 Å². The Morgan fingerprint density at radius 3 is 2.20 bits per heavy atom. The second kappa shape index (κ2) is 13.8. The highest BCUT2D eigenvalue weighted by atomic mass is 16.5. The lowest BCUT2D eigenvalue weighted by Crippen LogP contribution is -2.31. The van der Waals surface area contributed by atoms with Crippen molar-refractivity contribution in [1.82, 2.24) is 19.9 Å². The van der Waals surface area contributed by atoms with Crippen LogP contribution in [0.2, 0.25) is 0 Å². The summed E-state index contributed by atoms with van der Waals surface area (Å²) in [4.78, 5) is 21.7. The predicted octanol–water partition coefficient (Wildman–Crippen LogP) is 6.40. The molecule has 3 heterocycles. The van der Waals surface area contributed by atoms with E-state index in [0.717, 1.165) is 95.2 Å². The van der Waals surface area contributed by atoms with Gasteiger partial charge >= 0.3 is 0 Å². The molecule has 234 valence electrons. The van der Waals surface area contributed by atoms with Crippen LogP contribution in [0.25, 0.3) is 21.8 Å². The van der Waals surface area contributed by atoms with Gasteiger partial charge in [0.25, 0.3) is 0 Å². The third-order valence-corrected chi connectivity index (χ3v) is 8.16. The molecule has 1 saturated heterocycles. The summed E-state index contributed by atoms with van der Waals surface area (Å²) in [6.45, 7) is 5.46. The van der Waals surface area contributed by atoms with E-state index in [1.165, 1.54) is 12.0 Å². The first kappa shape index (κ1) is 30.2. The maximum absolute atomic E-state index is 5.52. The Labute approximate surface area is 264 Å². The summed E-state index contributed by atoms with van der Waals surface area (Å²) in [5.41, 5.74) is 5.18. The van der Waals surface area contributed by atoms with Crippen molar-refractivity contribution in [3.05, 3.63) is 71.5 Å². The van der Waals surface area contributed by atoms with Crippen LogP contribution in [0, 0.1) is 6.92 Å². The predicted molar refractivity (Wildman–Crippen MR) is 180 cm³/mol. The van der Waals surface area contributed by atoms with Crippen molar-refractivity contribution in [2.75, 3.05) is 63.0 Å². The standard InChI is InChI=1S/C35H41N7O3/c1-23-9-11-28-31(17-23)38-30-12-10-25(43-2)22-29(30)33(28)36-13-8-14-37-34-39-32(40-35(41-34)42-15-6-5-7-16-42)20-24-18-26(44-3)21-27(19-24)45-4/h9-12,17-19,21-22H,5-8,13-16,20H2,1-4H3,(H,36,38)(H,37,39,40,41). The van der Waals surface area contributed by atoms with Gasteiger partial charge in [-0.3, -0.25) is 0 Å². The van der Waals surface area contributed by atoms with E-state index in [0.29, 0.717) is 24.7 Å². The highest BCUT2D eigenvalue weighted by Gasteiger charge is 2.17. The van der Waals surface area contributed by atoms with Gasteiger partial charge in [0.1, 0.15) is 23.1 Å². The van der Waals surface area contributed by atoms with Crippen LogP contribution < -0.4 is 29.7 Å². The number of ether oxygens (including phenoxy) is 3. The first-order valence-electron chi connectivity index (χ1n) is 15.6. The van der Waals surface area contributed by atoms with Crippen LogP contribution >= 0.6 is 0 Å². The minimum Gasteiger partial charge on any atom is -0.497 e. The third kappa shape index (κ3) is 7.11. The van der Waals surface area contributed by atoms with Gasteiger partial charge in [0.05, 0.1) is 38.1 Å². The van der Waals surface area contributed by atoms with E-state index in [9.17, 15) is 0 Å². The molecule has 0 amide bonds. The number of nitrogens with zero attached hydrogens (tertiary/aromatic N) is 5. The Kier molecular flexibility index (Phi) is 9.28. The fraction of sp³-hybridized carbons (Fsp3) is 0.371. The van der Waals surface area contributed by atoms with Crippen molar-refractivity contribution in [1.29, 1.82) is 0 Å². The lowest BCUT2D eigenvalue weighted by molar-refractivity contribution is 0.393. The molecule has 0 unspecified atom stereocenters. The van der Waals surface area contributed by atoms with Crippen LogP contribution in [-0.2, 0) is 6.42 Å². The van der Waals surface area contributed by atoms with Gasteiger partial charge in [0.2, 0.25) is 11.9 Å². The van der Waals surface area contributed by atoms with Crippen molar-refractivity contribution in [3.8, 4) is 17.2 Å². The van der Waals surface area contributed by atoms with Crippen molar-refractivity contribution in [2.24, 2.45) is 0 Å². The summed E-state index contributed by atoms with van der Waals surface area (Å²) in [5, 5.41) is 9.30. The van der Waals surface area contributed by atoms with E-state index in [1.807, 2.05) is 30.3 Å². The molecule has 3 aromatic carbocycles. The number of methoxy groups -OCH3 is 3. The van der Waals surface area contributed by atoms with E-state index in [4.69, 9.17) is 34.1 Å². The molecule has 0 bridgehead atoms. The van der Waals surface area contributed by atoms with E-state index < -0.39 is 0 Å². The maximum atomic E-state index is 5.52. The highest BCUT2D eigenvalue weighted by Crippen LogP contribution is 2.33. The molecule has 0 aliphatic carbocycles. The van der Waals surface area contributed by atoms with E-state index >= 15 is 0 Å². The summed E-state index contributed by atoms with van der Waals surface area (Å²) < 4.78 is 16.5. The van der Waals surface area contributed by atoms with E-state index in [2.05, 4.69) is 46.7 Å². The van der Waals surface area contributed by atoms with Crippen molar-refractivity contribution in [3.63, 3.8) is 0 Å². The van der Waals surface area contributed by atoms with Gasteiger partial charge < -0.3 is 29.7 Å². The molecule has 2 aromatic heterocycles. The van der Waals surface area contributed by atoms with Gasteiger partial charge in [-0.1, -0.05) is 12.1 Å². The van der Waals surface area contributed by atoms with E-state index in [1.54, 1.807) is 21.3 Å². The van der Waals surface area contributed by atoms with Crippen LogP contribution in [0.4, 0.5) is 17.6 Å². The number of hydrogen-bond acceptors (Lipinski definition) is 10. The van der Waals surface area contributed by atoms with Crippen molar-refractivity contribution < 1.29 is 14.2 Å². The monoisotopic (exact) mass is 607 g/mol. The molecule has 10 nitrogen and oxygen atoms in total. The third-order valence-electron chi connectivity index (χ3n) is 8.16. The average Bonchev–Trinajstić information content (AvgIpc) is 3.07. The molecule has 0 atom stereocenters. The summed E-state index contributed by atoms with van der Waals surface area (Å²) in [5.74, 6) is 4.32. The Morgan fingerprint density at radius 1 is 0.689 bits per heavy atom. The zero-order valence-electron chi connectivity index (χ0n) is 26.5. The number of rotatable bonds is 12. The van der Waals surface area contributed by atoms with Gasteiger partial charge in [0, 0.05) is 49.4 Å². The molecule has 6 rings (SSSR count). The van der Waals surface area contributed by atoms with Crippen LogP contribution in [-0.4, -0.2) is 67.4 Å². The quantitative estimate of drug-likeness (QED) is 0.122. The van der Waals surface area contributed by atoms with Crippen LogP contribution in [0.15, 0.2) is 54.6 Å². The molecule has 5 aromatic rings. The Bertz CT molecular complexity index is 1770. The molecule has 0 spiro atoms. The van der Waals surface area contributed by atoms with Crippen LogP contribution in [0.1, 0.15) is 42.6 Å². The van der Waals surface area contributed by atoms with Crippen molar-refractivity contribution in [2.45, 2.75) is 39.0 Å². The first-order chi connectivity index (χ1) is 22.0. The lowest BCUT2D eigenvalue weighted by atomic mass is 10.1. The zero-order chi connectivity index (χ0) is 31.2. The summed E-state index contributed by atoms with van der Waals surface area (Å²) in [6.07, 6.45) is 4.93. The normalized spacial score (nSPS) is 13.2. The number of aryl methyl sites for hydroxylation is 1. The molecule has 2 N–H and O–H groups in total. The SMILES string of the molecule is COc1cc(Cc2nc(NCCCNc3c4ccc(C)cc4nc4ccc(OC)cc34)nc(N3CCCCC3)n2)cc(OC)c1. The number of hydrogen-bond donors (Lipinski definition) is 2. The van der Waals surface area contributed by atoms with Gasteiger partial charge in [-0.2, -0.15) is 15.0 Å². The number of fused-ring (bicyclic) bond motifs is 2. The largest absolute Gasteiger partial charge is 0.497 e. The highest BCUT2D eigenvalue weighted by molar-refractivity contribution is 6.08. The molecule has 1 aliphatic heterocycles. The Morgan fingerprint density at radius 2 is 1.44 bits per heavy atom. The van der Waals surface area contributed by atoms with Crippen LogP contribution in [0.3, 0.4) is 0 Å². The first-order valence-corrected chi connectivity index (χ1v) is 15.6. The molecular weight excluding hydrogens is 566 g/mol. The number of anilines is 3. The molecule has 0 radical (unpaired) electrons. The molecular formula is C35H41N7O3. The second-order valence-corrected chi connectivity index (χ2v) is 11.4. The van der Waals surface area contributed by atoms with Crippen molar-refractivity contribution >= 4 is 39.4 Å². The average molecular weight is 608 g/mol. The number of aromatic nitrogens is 4. The lowest BCUT2D eigenvalue weighted by Gasteiger charge is -2.27.